The van der Waals surface area contributed by atoms with Crippen molar-refractivity contribution in [2.75, 3.05) is 5.32 Å². The highest BCUT2D eigenvalue weighted by atomic mass is 35.5. The number of hydrogen-bond acceptors (Lipinski definition) is 2. The molecule has 1 aromatic rings. The van der Waals surface area contributed by atoms with E-state index in [4.69, 9.17) is 11.6 Å². The quantitative estimate of drug-likeness (QED) is 0.593. The molecule has 2 unspecified atom stereocenters. The van der Waals surface area contributed by atoms with Gasteiger partial charge in [0.1, 0.15) is 11.0 Å². The molecule has 2 nitrogen and oxygen atoms in total. The standard InChI is InChI=1S/C6H9ClN2P2/c7-4-2-1-3-5(8-4)9-6(10)11/h1-3,6H,10-11H2,(H,8,9). The molecule has 0 bridgehead atoms. The molecule has 0 aliphatic carbocycles. The zero-order valence-electron chi connectivity index (χ0n) is 5.79. The summed E-state index contributed by atoms with van der Waals surface area (Å²) in [6.07, 6.45) is 0. The molecule has 0 aliphatic rings. The Morgan fingerprint density at radius 2 is 2.18 bits per heavy atom. The Labute approximate surface area is 75.5 Å². The van der Waals surface area contributed by atoms with Crippen molar-refractivity contribution in [3.63, 3.8) is 0 Å². The van der Waals surface area contributed by atoms with Crippen LogP contribution in [0, 0.1) is 0 Å². The molecule has 1 heterocycles. The molecule has 0 aliphatic heterocycles. The molecular formula is C6H9ClN2P2. The van der Waals surface area contributed by atoms with Crippen LogP contribution in [0.4, 0.5) is 5.82 Å². The summed E-state index contributed by atoms with van der Waals surface area (Å²) in [6.45, 7) is 0. The van der Waals surface area contributed by atoms with Crippen LogP contribution in [0.3, 0.4) is 0 Å². The fourth-order valence-corrected chi connectivity index (χ4v) is 1.16. The van der Waals surface area contributed by atoms with Gasteiger partial charge in [0.25, 0.3) is 0 Å². The summed E-state index contributed by atoms with van der Waals surface area (Å²) in [5.74, 6) is 0.785. The Morgan fingerprint density at radius 3 is 2.73 bits per heavy atom. The zero-order chi connectivity index (χ0) is 8.27. The second kappa shape index (κ2) is 4.21. The summed E-state index contributed by atoms with van der Waals surface area (Å²) in [5.41, 5.74) is 0.223. The Morgan fingerprint density at radius 1 is 1.45 bits per heavy atom. The molecule has 1 rings (SSSR count). The number of halogens is 1. The van der Waals surface area contributed by atoms with Gasteiger partial charge in [0.15, 0.2) is 0 Å². The SMILES string of the molecule is PC(P)Nc1cccc(Cl)n1. The van der Waals surface area contributed by atoms with Crippen LogP contribution in [-0.2, 0) is 0 Å². The molecule has 11 heavy (non-hydrogen) atoms. The van der Waals surface area contributed by atoms with E-state index in [9.17, 15) is 0 Å². The molecule has 0 amide bonds. The average molecular weight is 207 g/mol. The van der Waals surface area contributed by atoms with Crippen molar-refractivity contribution in [2.24, 2.45) is 0 Å². The van der Waals surface area contributed by atoms with E-state index in [0.29, 0.717) is 5.15 Å². The topological polar surface area (TPSA) is 24.9 Å². The molecule has 0 fully saturated rings. The molecule has 0 aromatic carbocycles. The first-order valence-electron chi connectivity index (χ1n) is 3.09. The molecule has 1 N–H and O–H groups in total. The minimum absolute atomic E-state index is 0.223. The Kier molecular flexibility index (Phi) is 3.51. The zero-order valence-corrected chi connectivity index (χ0v) is 8.85. The number of pyridine rings is 1. The van der Waals surface area contributed by atoms with E-state index in [-0.39, 0.29) is 5.52 Å². The largest absolute Gasteiger partial charge is 0.361 e. The molecule has 0 radical (unpaired) electrons. The van der Waals surface area contributed by atoms with Crippen molar-refractivity contribution in [2.45, 2.75) is 5.52 Å². The fraction of sp³-hybridized carbons (Fsp3) is 0.167. The number of nitrogens with zero attached hydrogens (tertiary/aromatic N) is 1. The lowest BCUT2D eigenvalue weighted by Gasteiger charge is -2.07. The van der Waals surface area contributed by atoms with Gasteiger partial charge in [-0.2, -0.15) is 0 Å². The van der Waals surface area contributed by atoms with Crippen LogP contribution in [-0.4, -0.2) is 10.5 Å². The van der Waals surface area contributed by atoms with E-state index in [0.717, 1.165) is 5.82 Å². The van der Waals surface area contributed by atoms with Crippen LogP contribution in [0.2, 0.25) is 5.15 Å². The molecular weight excluding hydrogens is 197 g/mol. The third kappa shape index (κ3) is 3.33. The van der Waals surface area contributed by atoms with Crippen molar-refractivity contribution in [1.82, 2.24) is 4.98 Å². The molecule has 0 saturated carbocycles. The number of anilines is 1. The van der Waals surface area contributed by atoms with Crippen LogP contribution in [0.1, 0.15) is 0 Å². The Bertz CT molecular complexity index is 242. The van der Waals surface area contributed by atoms with Gasteiger partial charge in [-0.25, -0.2) is 4.98 Å². The summed E-state index contributed by atoms with van der Waals surface area (Å²) in [7, 11) is 5.18. The first-order chi connectivity index (χ1) is 5.18. The van der Waals surface area contributed by atoms with E-state index >= 15 is 0 Å². The predicted molar refractivity (Wildman–Crippen MR) is 56.1 cm³/mol. The number of nitrogens with one attached hydrogen (secondary N) is 1. The van der Waals surface area contributed by atoms with Crippen molar-refractivity contribution >= 4 is 35.9 Å². The van der Waals surface area contributed by atoms with E-state index in [1.54, 1.807) is 6.07 Å². The third-order valence-corrected chi connectivity index (χ3v) is 1.57. The third-order valence-electron chi connectivity index (χ3n) is 1.03. The van der Waals surface area contributed by atoms with Gasteiger partial charge in [-0.3, -0.25) is 0 Å². The highest BCUT2D eigenvalue weighted by Gasteiger charge is 1.95. The molecule has 1 aromatic heterocycles. The van der Waals surface area contributed by atoms with Crippen LogP contribution in [0.5, 0.6) is 0 Å². The van der Waals surface area contributed by atoms with Gasteiger partial charge >= 0.3 is 0 Å². The van der Waals surface area contributed by atoms with Crippen molar-refractivity contribution < 1.29 is 0 Å². The lowest BCUT2D eigenvalue weighted by atomic mass is 10.5. The van der Waals surface area contributed by atoms with Gasteiger partial charge in [-0.1, -0.05) is 17.7 Å². The normalized spacial score (nSPS) is 10.2. The maximum atomic E-state index is 5.66. The van der Waals surface area contributed by atoms with Crippen molar-refractivity contribution in [3.05, 3.63) is 23.4 Å². The first kappa shape index (κ1) is 9.19. The van der Waals surface area contributed by atoms with Crippen molar-refractivity contribution in [3.8, 4) is 0 Å². The first-order valence-corrected chi connectivity index (χ1v) is 4.80. The fourth-order valence-electron chi connectivity index (χ4n) is 0.659. The molecule has 5 heteroatoms. The number of aromatic nitrogens is 1. The van der Waals surface area contributed by atoms with E-state index in [1.165, 1.54) is 0 Å². The second-order valence-electron chi connectivity index (χ2n) is 2.02. The summed E-state index contributed by atoms with van der Waals surface area (Å²) >= 11 is 5.66. The van der Waals surface area contributed by atoms with Gasteiger partial charge in [-0.15, -0.1) is 18.5 Å². The lowest BCUT2D eigenvalue weighted by Crippen LogP contribution is -2.03. The van der Waals surface area contributed by atoms with E-state index in [1.807, 2.05) is 12.1 Å². The van der Waals surface area contributed by atoms with Gasteiger partial charge in [-0.05, 0) is 12.1 Å². The molecule has 0 saturated heterocycles. The second-order valence-corrected chi connectivity index (χ2v) is 4.61. The number of rotatable bonds is 2. The monoisotopic (exact) mass is 206 g/mol. The summed E-state index contributed by atoms with van der Waals surface area (Å²) in [5, 5.41) is 3.58. The van der Waals surface area contributed by atoms with Gasteiger partial charge in [0.2, 0.25) is 0 Å². The summed E-state index contributed by atoms with van der Waals surface area (Å²) in [4.78, 5) is 4.04. The Hall–Kier alpha value is 0.1000. The van der Waals surface area contributed by atoms with Gasteiger partial charge in [0, 0.05) is 0 Å². The molecule has 60 valence electrons. The predicted octanol–water partition coefficient (Wildman–Crippen LogP) is 2.18. The molecule has 0 spiro atoms. The van der Waals surface area contributed by atoms with Crippen LogP contribution >= 0.6 is 30.1 Å². The van der Waals surface area contributed by atoms with Crippen LogP contribution < -0.4 is 5.32 Å². The van der Waals surface area contributed by atoms with Gasteiger partial charge < -0.3 is 5.32 Å². The van der Waals surface area contributed by atoms with E-state index < -0.39 is 0 Å². The molecule has 2 atom stereocenters. The van der Waals surface area contributed by atoms with Gasteiger partial charge in [0.05, 0.1) is 5.52 Å². The average Bonchev–Trinajstić information content (AvgIpc) is 1.85. The van der Waals surface area contributed by atoms with Crippen molar-refractivity contribution in [1.29, 1.82) is 0 Å². The minimum Gasteiger partial charge on any atom is -0.361 e. The maximum absolute atomic E-state index is 5.66. The summed E-state index contributed by atoms with van der Waals surface area (Å²) in [6, 6.07) is 5.47. The number of hydrogen-bond donors (Lipinski definition) is 1. The summed E-state index contributed by atoms with van der Waals surface area (Å²) < 4.78 is 0. The lowest BCUT2D eigenvalue weighted by molar-refractivity contribution is 1.25. The smallest absolute Gasteiger partial charge is 0.131 e. The van der Waals surface area contributed by atoms with E-state index in [2.05, 4.69) is 28.8 Å². The van der Waals surface area contributed by atoms with Crippen LogP contribution in [0.15, 0.2) is 18.2 Å². The highest BCUT2D eigenvalue weighted by Crippen LogP contribution is 2.15. The van der Waals surface area contributed by atoms with Crippen LogP contribution in [0.25, 0.3) is 0 Å². The minimum atomic E-state index is 0.223. The maximum Gasteiger partial charge on any atom is 0.131 e. The highest BCUT2D eigenvalue weighted by molar-refractivity contribution is 7.38. The Balaban J connectivity index is 2.71.